The number of carbonyl (C=O) groups excluding carboxylic acids is 1. The molecule has 1 unspecified atom stereocenters. The van der Waals surface area contributed by atoms with E-state index in [1.54, 1.807) is 30.1 Å². The highest BCUT2D eigenvalue weighted by molar-refractivity contribution is 6.03. The van der Waals surface area contributed by atoms with Crippen LogP contribution in [0.15, 0.2) is 18.3 Å². The molecule has 0 radical (unpaired) electrons. The molecule has 2 aromatic rings. The van der Waals surface area contributed by atoms with Gasteiger partial charge in [-0.1, -0.05) is 6.92 Å². The average Bonchev–Trinajstić information content (AvgIpc) is 3.03. The lowest BCUT2D eigenvalue weighted by Gasteiger charge is -2.19. The van der Waals surface area contributed by atoms with Crippen LogP contribution in [0.1, 0.15) is 55.2 Å². The van der Waals surface area contributed by atoms with Crippen molar-refractivity contribution in [1.29, 1.82) is 0 Å². The zero-order chi connectivity index (χ0) is 18.5. The Kier molecular flexibility index (Phi) is 5.82. The summed E-state index contributed by atoms with van der Waals surface area (Å²) in [6.07, 6.45) is 4.52. The lowest BCUT2D eigenvalue weighted by atomic mass is 9.98. The molecule has 8 nitrogen and oxygen atoms in total. The Bertz CT molecular complexity index is 754. The van der Waals surface area contributed by atoms with Crippen LogP contribution in [-0.2, 0) is 7.05 Å². The van der Waals surface area contributed by atoms with Gasteiger partial charge in [-0.3, -0.25) is 10.1 Å². The number of nitrogens with one attached hydrogen (secondary N) is 2. The number of carbonyl (C=O) groups is 1. The largest absolute Gasteiger partial charge is 0.475 e. The zero-order valence-corrected chi connectivity index (χ0v) is 15.5. The number of nitrogens with zero attached hydrogens (tertiary/aromatic N) is 4. The number of amides is 1. The second kappa shape index (κ2) is 8.27. The minimum atomic E-state index is -0.256. The molecule has 3 heterocycles. The number of rotatable bonds is 6. The summed E-state index contributed by atoms with van der Waals surface area (Å²) in [6, 6.07) is 3.30. The Labute approximate surface area is 153 Å². The van der Waals surface area contributed by atoms with E-state index >= 15 is 0 Å². The van der Waals surface area contributed by atoms with Crippen LogP contribution in [0.4, 0.5) is 5.95 Å². The topological polar surface area (TPSA) is 94.0 Å². The predicted octanol–water partition coefficient (Wildman–Crippen LogP) is 2.11. The highest BCUT2D eigenvalue weighted by Gasteiger charge is 2.21. The third-order valence-corrected chi connectivity index (χ3v) is 4.60. The van der Waals surface area contributed by atoms with Crippen LogP contribution in [0.25, 0.3) is 0 Å². The number of hydrogen-bond donors (Lipinski definition) is 2. The SMILES string of the molecule is CCC(C)Oc1cc(C(=O)Nc2nc(C3CCNCC3)nn2C)ccn1. The minimum Gasteiger partial charge on any atom is -0.475 e. The van der Waals surface area contributed by atoms with Crippen molar-refractivity contribution in [3.8, 4) is 5.88 Å². The van der Waals surface area contributed by atoms with Crippen molar-refractivity contribution in [2.45, 2.75) is 45.1 Å². The predicted molar refractivity (Wildman–Crippen MR) is 98.4 cm³/mol. The Morgan fingerprint density at radius 3 is 2.96 bits per heavy atom. The maximum atomic E-state index is 12.6. The van der Waals surface area contributed by atoms with E-state index in [-0.39, 0.29) is 12.0 Å². The average molecular weight is 358 g/mol. The van der Waals surface area contributed by atoms with Gasteiger partial charge < -0.3 is 10.1 Å². The van der Waals surface area contributed by atoms with Gasteiger partial charge in [0.15, 0.2) is 5.82 Å². The van der Waals surface area contributed by atoms with Gasteiger partial charge in [-0.15, -0.1) is 0 Å². The highest BCUT2D eigenvalue weighted by atomic mass is 16.5. The minimum absolute atomic E-state index is 0.0482. The van der Waals surface area contributed by atoms with Crippen molar-refractivity contribution in [2.75, 3.05) is 18.4 Å². The molecule has 1 amide bonds. The molecule has 1 atom stereocenters. The first-order chi connectivity index (χ1) is 12.6. The van der Waals surface area contributed by atoms with E-state index in [0.29, 0.717) is 23.3 Å². The van der Waals surface area contributed by atoms with E-state index in [9.17, 15) is 4.79 Å². The van der Waals surface area contributed by atoms with E-state index in [1.165, 1.54) is 0 Å². The second-order valence-electron chi connectivity index (χ2n) is 6.62. The van der Waals surface area contributed by atoms with Crippen LogP contribution >= 0.6 is 0 Å². The quantitative estimate of drug-likeness (QED) is 0.821. The highest BCUT2D eigenvalue weighted by Crippen LogP contribution is 2.23. The van der Waals surface area contributed by atoms with Gasteiger partial charge in [-0.2, -0.15) is 10.1 Å². The Morgan fingerprint density at radius 1 is 1.46 bits per heavy atom. The monoisotopic (exact) mass is 358 g/mol. The first kappa shape index (κ1) is 18.3. The summed E-state index contributed by atoms with van der Waals surface area (Å²) < 4.78 is 7.30. The summed E-state index contributed by atoms with van der Waals surface area (Å²) in [5.74, 6) is 1.77. The van der Waals surface area contributed by atoms with Crippen molar-refractivity contribution >= 4 is 11.9 Å². The number of anilines is 1. The smallest absolute Gasteiger partial charge is 0.258 e. The van der Waals surface area contributed by atoms with E-state index in [2.05, 4.69) is 25.7 Å². The second-order valence-corrected chi connectivity index (χ2v) is 6.62. The maximum Gasteiger partial charge on any atom is 0.258 e. The number of aryl methyl sites for hydroxylation is 1. The molecule has 2 N–H and O–H groups in total. The lowest BCUT2D eigenvalue weighted by molar-refractivity contribution is 0.102. The standard InChI is InChI=1S/C18H26N6O2/c1-4-12(2)26-15-11-14(7-10-20-15)17(25)22-18-21-16(23-24(18)3)13-5-8-19-9-6-13/h7,10-13,19H,4-6,8-9H2,1-3H3,(H,21,22,23,25). The van der Waals surface area contributed by atoms with Crippen molar-refractivity contribution < 1.29 is 9.53 Å². The van der Waals surface area contributed by atoms with E-state index in [0.717, 1.165) is 38.2 Å². The summed E-state index contributed by atoms with van der Waals surface area (Å²) in [4.78, 5) is 21.3. The maximum absolute atomic E-state index is 12.6. The van der Waals surface area contributed by atoms with Gasteiger partial charge in [-0.05, 0) is 45.3 Å². The summed E-state index contributed by atoms with van der Waals surface area (Å²) in [6.45, 7) is 5.95. The van der Waals surface area contributed by atoms with Gasteiger partial charge in [-0.25, -0.2) is 9.67 Å². The lowest BCUT2D eigenvalue weighted by Crippen LogP contribution is -2.27. The third kappa shape index (κ3) is 4.37. The van der Waals surface area contributed by atoms with Crippen LogP contribution in [0, 0.1) is 0 Å². The third-order valence-electron chi connectivity index (χ3n) is 4.60. The van der Waals surface area contributed by atoms with E-state index < -0.39 is 0 Å². The van der Waals surface area contributed by atoms with E-state index in [4.69, 9.17) is 4.74 Å². The first-order valence-corrected chi connectivity index (χ1v) is 9.12. The van der Waals surface area contributed by atoms with Crippen molar-refractivity contribution in [3.63, 3.8) is 0 Å². The number of piperidine rings is 1. The van der Waals surface area contributed by atoms with Gasteiger partial charge in [0, 0.05) is 30.8 Å². The number of hydrogen-bond acceptors (Lipinski definition) is 6. The van der Waals surface area contributed by atoms with Crippen molar-refractivity contribution in [1.82, 2.24) is 25.1 Å². The molecule has 1 aliphatic heterocycles. The summed E-state index contributed by atoms with van der Waals surface area (Å²) in [5, 5.41) is 10.6. The molecule has 3 rings (SSSR count). The molecule has 1 aliphatic rings. The zero-order valence-electron chi connectivity index (χ0n) is 15.5. The molecular formula is C18H26N6O2. The van der Waals surface area contributed by atoms with Gasteiger partial charge in [0.1, 0.15) is 0 Å². The molecular weight excluding hydrogens is 332 g/mol. The van der Waals surface area contributed by atoms with Crippen molar-refractivity contribution in [2.24, 2.45) is 7.05 Å². The summed E-state index contributed by atoms with van der Waals surface area (Å²) in [7, 11) is 1.79. The molecule has 0 aliphatic carbocycles. The fourth-order valence-corrected chi connectivity index (χ4v) is 2.84. The molecule has 0 saturated carbocycles. The number of ether oxygens (including phenoxy) is 1. The van der Waals surface area contributed by atoms with Crippen LogP contribution < -0.4 is 15.4 Å². The first-order valence-electron chi connectivity index (χ1n) is 9.12. The van der Waals surface area contributed by atoms with Crippen molar-refractivity contribution in [3.05, 3.63) is 29.7 Å². The summed E-state index contributed by atoms with van der Waals surface area (Å²) >= 11 is 0. The molecule has 1 saturated heterocycles. The molecule has 2 aromatic heterocycles. The fraction of sp³-hybridized carbons (Fsp3) is 0.556. The summed E-state index contributed by atoms with van der Waals surface area (Å²) in [5.41, 5.74) is 0.477. The Hall–Kier alpha value is -2.48. The Balaban J connectivity index is 1.70. The van der Waals surface area contributed by atoms with Crippen LogP contribution in [0.5, 0.6) is 5.88 Å². The molecule has 0 spiro atoms. The van der Waals surface area contributed by atoms with Crippen LogP contribution in [0.2, 0.25) is 0 Å². The number of aromatic nitrogens is 4. The number of pyridine rings is 1. The molecule has 0 bridgehead atoms. The molecule has 8 heteroatoms. The van der Waals surface area contributed by atoms with Gasteiger partial charge in [0.25, 0.3) is 5.91 Å². The Morgan fingerprint density at radius 2 is 2.23 bits per heavy atom. The molecule has 26 heavy (non-hydrogen) atoms. The van der Waals surface area contributed by atoms with Gasteiger partial charge in [0.05, 0.1) is 6.10 Å². The molecule has 140 valence electrons. The van der Waals surface area contributed by atoms with Gasteiger partial charge >= 0.3 is 0 Å². The fourth-order valence-electron chi connectivity index (χ4n) is 2.84. The molecule has 1 fully saturated rings. The van der Waals surface area contributed by atoms with Gasteiger partial charge in [0.2, 0.25) is 11.8 Å². The van der Waals surface area contributed by atoms with Crippen LogP contribution in [0.3, 0.4) is 0 Å². The van der Waals surface area contributed by atoms with Crippen LogP contribution in [-0.4, -0.2) is 44.8 Å². The molecule has 0 aromatic carbocycles. The normalized spacial score (nSPS) is 16.3. The van der Waals surface area contributed by atoms with E-state index in [1.807, 2.05) is 13.8 Å².